The monoisotopic (exact) mass is 232 g/mol. The molecule has 0 saturated heterocycles. The minimum atomic E-state index is -0.842. The van der Waals surface area contributed by atoms with Gasteiger partial charge >= 0.3 is 5.97 Å². The lowest BCUT2D eigenvalue weighted by molar-refractivity contribution is -0.139. The number of carboxylic acid groups (broad SMARTS) is 1. The van der Waals surface area contributed by atoms with E-state index in [1.807, 2.05) is 6.92 Å². The lowest BCUT2D eigenvalue weighted by atomic mass is 10.1. The van der Waals surface area contributed by atoms with Crippen molar-refractivity contribution in [1.29, 1.82) is 0 Å². The Kier molecular flexibility index (Phi) is 8.22. The van der Waals surface area contributed by atoms with Crippen molar-refractivity contribution in [2.45, 2.75) is 45.1 Å². The van der Waals surface area contributed by atoms with Gasteiger partial charge in [0.15, 0.2) is 0 Å². The first-order valence-corrected chi connectivity index (χ1v) is 5.74. The maximum Gasteiger partial charge on any atom is 0.326 e. The van der Waals surface area contributed by atoms with Gasteiger partial charge in [0.1, 0.15) is 6.04 Å². The molecule has 0 amide bonds. The van der Waals surface area contributed by atoms with E-state index in [9.17, 15) is 4.79 Å². The van der Waals surface area contributed by atoms with Gasteiger partial charge in [-0.2, -0.15) is 0 Å². The third-order valence-electron chi connectivity index (χ3n) is 2.06. The zero-order valence-electron chi connectivity index (χ0n) is 9.16. The van der Waals surface area contributed by atoms with Crippen molar-refractivity contribution in [1.82, 2.24) is 5.32 Å². The molecule has 0 aliphatic rings. The first-order chi connectivity index (χ1) is 7.11. The third-order valence-corrected chi connectivity index (χ3v) is 2.38. The largest absolute Gasteiger partial charge is 0.480 e. The zero-order valence-corrected chi connectivity index (χ0v) is 9.98. The van der Waals surface area contributed by atoms with Crippen molar-refractivity contribution in [2.24, 2.45) is 5.73 Å². The van der Waals surface area contributed by atoms with Gasteiger partial charge in [-0.3, -0.25) is 0 Å². The lowest BCUT2D eigenvalue weighted by Crippen LogP contribution is -2.39. The van der Waals surface area contributed by atoms with Crippen LogP contribution in [-0.4, -0.2) is 28.7 Å². The normalized spacial score (nSPS) is 12.1. The molecule has 88 valence electrons. The molecule has 0 radical (unpaired) electrons. The molecule has 0 aromatic carbocycles. The Morgan fingerprint density at radius 3 is 2.67 bits per heavy atom. The third kappa shape index (κ3) is 7.27. The highest BCUT2D eigenvalue weighted by molar-refractivity contribution is 7.80. The molecule has 0 aromatic heterocycles. The highest BCUT2D eigenvalue weighted by Crippen LogP contribution is 2.02. The molecule has 0 aliphatic carbocycles. The summed E-state index contributed by atoms with van der Waals surface area (Å²) in [7, 11) is 0. The summed E-state index contributed by atoms with van der Waals surface area (Å²) in [5, 5.41) is 11.8. The van der Waals surface area contributed by atoms with Crippen LogP contribution in [0.5, 0.6) is 0 Å². The molecule has 0 saturated carbocycles. The molecule has 4 N–H and O–H groups in total. The highest BCUT2D eigenvalue weighted by Gasteiger charge is 2.16. The predicted molar refractivity (Wildman–Crippen MR) is 65.0 cm³/mol. The molecule has 0 heterocycles. The average Bonchev–Trinajstić information content (AvgIpc) is 2.16. The van der Waals surface area contributed by atoms with Crippen LogP contribution >= 0.6 is 12.2 Å². The molecule has 5 heteroatoms. The Balaban J connectivity index is 3.93. The SMILES string of the molecule is CCCC(=S)NC(CCCCN)C(=O)O. The van der Waals surface area contributed by atoms with Gasteiger partial charge in [-0.25, -0.2) is 4.79 Å². The van der Waals surface area contributed by atoms with Crippen molar-refractivity contribution >= 4 is 23.2 Å². The fraction of sp³-hybridized carbons (Fsp3) is 0.800. The summed E-state index contributed by atoms with van der Waals surface area (Å²) in [6, 6.07) is -0.560. The maximum atomic E-state index is 10.9. The first-order valence-electron chi connectivity index (χ1n) is 5.34. The summed E-state index contributed by atoms with van der Waals surface area (Å²) in [5.41, 5.74) is 5.35. The molecule has 1 unspecified atom stereocenters. The van der Waals surface area contributed by atoms with Crippen LogP contribution in [0.3, 0.4) is 0 Å². The van der Waals surface area contributed by atoms with Gasteiger partial charge < -0.3 is 16.2 Å². The van der Waals surface area contributed by atoms with Crippen molar-refractivity contribution in [3.8, 4) is 0 Å². The van der Waals surface area contributed by atoms with E-state index in [1.165, 1.54) is 0 Å². The van der Waals surface area contributed by atoms with Crippen molar-refractivity contribution in [2.75, 3.05) is 6.54 Å². The van der Waals surface area contributed by atoms with Crippen LogP contribution in [0, 0.1) is 0 Å². The lowest BCUT2D eigenvalue weighted by Gasteiger charge is -2.15. The number of carbonyl (C=O) groups is 1. The van der Waals surface area contributed by atoms with Crippen LogP contribution < -0.4 is 11.1 Å². The van der Waals surface area contributed by atoms with E-state index in [4.69, 9.17) is 23.1 Å². The number of nitrogens with two attached hydrogens (primary N) is 1. The van der Waals surface area contributed by atoms with Gasteiger partial charge in [0.2, 0.25) is 0 Å². The second-order valence-corrected chi connectivity index (χ2v) is 3.99. The number of rotatable bonds is 8. The molecule has 0 spiro atoms. The van der Waals surface area contributed by atoms with Gasteiger partial charge in [0.05, 0.1) is 4.99 Å². The summed E-state index contributed by atoms with van der Waals surface area (Å²) in [4.78, 5) is 11.5. The Labute approximate surface area is 96.2 Å². The summed E-state index contributed by atoms with van der Waals surface area (Å²) in [6.07, 6.45) is 3.93. The number of nitrogens with one attached hydrogen (secondary N) is 1. The smallest absolute Gasteiger partial charge is 0.326 e. The van der Waals surface area contributed by atoms with E-state index in [1.54, 1.807) is 0 Å². The van der Waals surface area contributed by atoms with Crippen LogP contribution in [0.2, 0.25) is 0 Å². The standard InChI is InChI=1S/C10H20N2O2S/c1-2-5-9(15)12-8(10(13)14)6-3-4-7-11/h8H,2-7,11H2,1H3,(H,12,15)(H,13,14). The minimum absolute atomic E-state index is 0.560. The van der Waals surface area contributed by atoms with Crippen molar-refractivity contribution < 1.29 is 9.90 Å². The predicted octanol–water partition coefficient (Wildman–Crippen LogP) is 1.29. The van der Waals surface area contributed by atoms with E-state index < -0.39 is 12.0 Å². The number of unbranched alkanes of at least 4 members (excludes halogenated alkanes) is 1. The van der Waals surface area contributed by atoms with Crippen LogP contribution in [0.15, 0.2) is 0 Å². The number of thiocarbonyl (C=S) groups is 1. The molecule has 0 rings (SSSR count). The van der Waals surface area contributed by atoms with Gasteiger partial charge in [-0.15, -0.1) is 0 Å². The number of hydrogen-bond acceptors (Lipinski definition) is 3. The average molecular weight is 232 g/mol. The molecule has 0 fully saturated rings. The van der Waals surface area contributed by atoms with Gasteiger partial charge in [-0.1, -0.05) is 19.1 Å². The highest BCUT2D eigenvalue weighted by atomic mass is 32.1. The summed E-state index contributed by atoms with van der Waals surface area (Å²) >= 11 is 5.03. The van der Waals surface area contributed by atoms with Gasteiger partial charge in [-0.05, 0) is 38.6 Å². The Bertz CT molecular complexity index is 210. The van der Waals surface area contributed by atoms with Crippen LogP contribution in [-0.2, 0) is 4.79 Å². The minimum Gasteiger partial charge on any atom is -0.480 e. The Morgan fingerprint density at radius 1 is 1.53 bits per heavy atom. The number of carboxylic acids is 1. The van der Waals surface area contributed by atoms with E-state index >= 15 is 0 Å². The van der Waals surface area contributed by atoms with Crippen LogP contribution in [0.25, 0.3) is 0 Å². The molecule has 4 nitrogen and oxygen atoms in total. The Morgan fingerprint density at radius 2 is 2.20 bits per heavy atom. The van der Waals surface area contributed by atoms with Crippen molar-refractivity contribution in [3.63, 3.8) is 0 Å². The van der Waals surface area contributed by atoms with Crippen LogP contribution in [0.1, 0.15) is 39.0 Å². The molecule has 15 heavy (non-hydrogen) atoms. The molecular formula is C10H20N2O2S. The summed E-state index contributed by atoms with van der Waals surface area (Å²) in [5.74, 6) is -0.842. The maximum absolute atomic E-state index is 10.9. The summed E-state index contributed by atoms with van der Waals surface area (Å²) < 4.78 is 0. The fourth-order valence-electron chi connectivity index (χ4n) is 1.24. The van der Waals surface area contributed by atoms with Gasteiger partial charge in [0.25, 0.3) is 0 Å². The van der Waals surface area contributed by atoms with Crippen LogP contribution in [0.4, 0.5) is 0 Å². The zero-order chi connectivity index (χ0) is 11.7. The van der Waals surface area contributed by atoms with E-state index in [0.29, 0.717) is 18.0 Å². The molecule has 0 aliphatic heterocycles. The second-order valence-electron chi connectivity index (χ2n) is 3.49. The Hall–Kier alpha value is -0.680. The topological polar surface area (TPSA) is 75.3 Å². The molecular weight excluding hydrogens is 212 g/mol. The number of aliphatic carboxylic acids is 1. The van der Waals surface area contributed by atoms with E-state index in [0.717, 1.165) is 25.7 Å². The molecule has 0 bridgehead atoms. The van der Waals surface area contributed by atoms with Gasteiger partial charge in [0, 0.05) is 0 Å². The second kappa shape index (κ2) is 8.61. The van der Waals surface area contributed by atoms with E-state index in [2.05, 4.69) is 5.32 Å². The fourth-order valence-corrected chi connectivity index (χ4v) is 1.59. The molecule has 0 aromatic rings. The molecule has 1 atom stereocenters. The van der Waals surface area contributed by atoms with Crippen molar-refractivity contribution in [3.05, 3.63) is 0 Å². The first kappa shape index (κ1) is 14.3. The van der Waals surface area contributed by atoms with E-state index in [-0.39, 0.29) is 0 Å². The quantitative estimate of drug-likeness (QED) is 0.434. The number of hydrogen-bond donors (Lipinski definition) is 3. The summed E-state index contributed by atoms with van der Waals surface area (Å²) in [6.45, 7) is 2.62.